The lowest BCUT2D eigenvalue weighted by Gasteiger charge is -2.05. The Morgan fingerprint density at radius 3 is 2.46 bits per heavy atom. The van der Waals surface area contributed by atoms with E-state index in [9.17, 15) is 13.6 Å². The van der Waals surface area contributed by atoms with Gasteiger partial charge in [-0.15, -0.1) is 0 Å². The van der Waals surface area contributed by atoms with Crippen molar-refractivity contribution in [2.75, 3.05) is 0 Å². The Labute approximate surface area is 100 Å². The van der Waals surface area contributed by atoms with E-state index in [2.05, 4.69) is 4.98 Å². The molecular formula is C7H3F2I2NO. The molecule has 1 aromatic heterocycles. The van der Waals surface area contributed by atoms with Gasteiger partial charge >= 0.3 is 0 Å². The Morgan fingerprint density at radius 2 is 2.00 bits per heavy atom. The van der Waals surface area contributed by atoms with E-state index in [0.29, 0.717) is 13.4 Å². The average Bonchev–Trinajstić information content (AvgIpc) is 2.09. The second-order valence-corrected chi connectivity index (χ2v) is 4.30. The maximum Gasteiger partial charge on any atom is 0.266 e. The first-order chi connectivity index (χ1) is 6.07. The van der Waals surface area contributed by atoms with Gasteiger partial charge in [0.2, 0.25) is 0 Å². The van der Waals surface area contributed by atoms with Crippen LogP contribution in [0.15, 0.2) is 6.20 Å². The van der Waals surface area contributed by atoms with Gasteiger partial charge in [-0.3, -0.25) is 9.78 Å². The predicted molar refractivity (Wildman–Crippen MR) is 60.0 cm³/mol. The van der Waals surface area contributed by atoms with Crippen molar-refractivity contribution < 1.29 is 13.6 Å². The van der Waals surface area contributed by atoms with Crippen LogP contribution in [0.4, 0.5) is 8.78 Å². The third-order valence-corrected chi connectivity index (χ3v) is 4.65. The van der Waals surface area contributed by atoms with Crippen LogP contribution in [-0.2, 0) is 0 Å². The summed E-state index contributed by atoms with van der Waals surface area (Å²) in [5.74, 6) is 0. The van der Waals surface area contributed by atoms with Crippen molar-refractivity contribution in [2.45, 2.75) is 6.43 Å². The van der Waals surface area contributed by atoms with Gasteiger partial charge in [0.15, 0.2) is 6.29 Å². The molecule has 6 heteroatoms. The molecule has 2 nitrogen and oxygen atoms in total. The van der Waals surface area contributed by atoms with Crippen LogP contribution in [0, 0.1) is 7.14 Å². The van der Waals surface area contributed by atoms with E-state index in [1.165, 1.54) is 0 Å². The molecule has 0 unspecified atom stereocenters. The fraction of sp³-hybridized carbons (Fsp3) is 0.143. The minimum absolute atomic E-state index is 0.129. The number of alkyl halides is 2. The summed E-state index contributed by atoms with van der Waals surface area (Å²) in [4.78, 5) is 14.0. The quantitative estimate of drug-likeness (QED) is 0.556. The van der Waals surface area contributed by atoms with E-state index in [-0.39, 0.29) is 11.3 Å². The molecule has 0 saturated heterocycles. The highest BCUT2D eigenvalue weighted by atomic mass is 127. The summed E-state index contributed by atoms with van der Waals surface area (Å²) in [5, 5.41) is 0. The van der Waals surface area contributed by atoms with Gasteiger partial charge in [-0.2, -0.15) is 0 Å². The summed E-state index contributed by atoms with van der Waals surface area (Å²) in [7, 11) is 0. The first kappa shape index (κ1) is 11.2. The van der Waals surface area contributed by atoms with Crippen LogP contribution in [0.1, 0.15) is 22.5 Å². The van der Waals surface area contributed by atoms with Crippen LogP contribution in [0.3, 0.4) is 0 Å². The van der Waals surface area contributed by atoms with Gasteiger partial charge in [-0.1, -0.05) is 0 Å². The highest BCUT2D eigenvalue weighted by Crippen LogP contribution is 2.27. The molecule has 0 aliphatic heterocycles. The van der Waals surface area contributed by atoms with Crippen LogP contribution >= 0.6 is 45.2 Å². The third kappa shape index (κ3) is 2.33. The lowest BCUT2D eigenvalue weighted by molar-refractivity contribution is 0.111. The Kier molecular flexibility index (Phi) is 3.95. The molecule has 0 aliphatic carbocycles. The summed E-state index contributed by atoms with van der Waals surface area (Å²) in [6.07, 6.45) is -0.953. The second kappa shape index (κ2) is 4.58. The van der Waals surface area contributed by atoms with E-state index in [0.717, 1.165) is 6.20 Å². The number of nitrogens with zero attached hydrogens (tertiary/aromatic N) is 1. The minimum atomic E-state index is -2.55. The zero-order valence-corrected chi connectivity index (χ0v) is 10.4. The molecule has 1 aromatic rings. The van der Waals surface area contributed by atoms with Gasteiger partial charge in [0.25, 0.3) is 6.43 Å². The van der Waals surface area contributed by atoms with Gasteiger partial charge in [-0.25, -0.2) is 8.78 Å². The number of rotatable bonds is 2. The molecule has 0 aliphatic rings. The van der Waals surface area contributed by atoms with Crippen molar-refractivity contribution >= 4 is 51.5 Å². The molecule has 70 valence electrons. The summed E-state index contributed by atoms with van der Waals surface area (Å²) < 4.78 is 25.5. The number of carbonyl (C=O) groups excluding carboxylic acids is 1. The third-order valence-electron chi connectivity index (χ3n) is 1.36. The maximum absolute atomic E-state index is 12.3. The smallest absolute Gasteiger partial charge is 0.266 e. The first-order valence-electron chi connectivity index (χ1n) is 3.15. The molecule has 0 atom stereocenters. The van der Waals surface area contributed by atoms with E-state index in [4.69, 9.17) is 0 Å². The van der Waals surface area contributed by atoms with Gasteiger partial charge < -0.3 is 0 Å². The van der Waals surface area contributed by atoms with Crippen LogP contribution in [0.25, 0.3) is 0 Å². The highest BCUT2D eigenvalue weighted by Gasteiger charge is 2.16. The number of pyridine rings is 1. The molecule has 1 rings (SSSR count). The number of aldehydes is 1. The predicted octanol–water partition coefficient (Wildman–Crippen LogP) is 3.04. The molecule has 0 N–H and O–H groups in total. The van der Waals surface area contributed by atoms with E-state index in [1.807, 2.05) is 22.6 Å². The number of hydrogen-bond donors (Lipinski definition) is 0. The summed E-state index contributed by atoms with van der Waals surface area (Å²) in [6.45, 7) is 0. The molecule has 13 heavy (non-hydrogen) atoms. The lowest BCUT2D eigenvalue weighted by Crippen LogP contribution is -2.00. The Hall–Kier alpha value is 0.140. The Morgan fingerprint density at radius 1 is 1.38 bits per heavy atom. The van der Waals surface area contributed by atoms with Crippen molar-refractivity contribution in [2.24, 2.45) is 0 Å². The van der Waals surface area contributed by atoms with Gasteiger partial charge in [0.1, 0.15) is 5.69 Å². The molecule has 0 aromatic carbocycles. The number of hydrogen-bond acceptors (Lipinski definition) is 2. The van der Waals surface area contributed by atoms with Crippen LogP contribution in [0.5, 0.6) is 0 Å². The number of aromatic nitrogens is 1. The molecule has 0 radical (unpaired) electrons. The monoisotopic (exact) mass is 409 g/mol. The lowest BCUT2D eigenvalue weighted by atomic mass is 10.2. The average molecular weight is 409 g/mol. The zero-order valence-electron chi connectivity index (χ0n) is 6.10. The van der Waals surface area contributed by atoms with Crippen molar-refractivity contribution in [3.05, 3.63) is 24.6 Å². The van der Waals surface area contributed by atoms with E-state index in [1.54, 1.807) is 22.6 Å². The first-order valence-corrected chi connectivity index (χ1v) is 5.31. The number of carbonyl (C=O) groups is 1. The minimum Gasteiger partial charge on any atom is -0.296 e. The Bertz CT molecular complexity index is 344. The van der Waals surface area contributed by atoms with E-state index < -0.39 is 6.43 Å². The molecule has 0 bridgehead atoms. The molecule has 0 spiro atoms. The largest absolute Gasteiger partial charge is 0.296 e. The highest BCUT2D eigenvalue weighted by molar-refractivity contribution is 14.1. The van der Waals surface area contributed by atoms with Crippen LogP contribution < -0.4 is 0 Å². The second-order valence-electron chi connectivity index (χ2n) is 2.15. The SMILES string of the molecule is O=Cc1ncc(C(F)F)c(I)c1I. The Balaban J connectivity index is 3.31. The molecule has 0 saturated carbocycles. The van der Waals surface area contributed by atoms with Crippen molar-refractivity contribution in [1.29, 1.82) is 0 Å². The molecular weight excluding hydrogens is 406 g/mol. The van der Waals surface area contributed by atoms with Gasteiger partial charge in [0.05, 0.1) is 9.13 Å². The molecule has 1 heterocycles. The van der Waals surface area contributed by atoms with Gasteiger partial charge in [0, 0.05) is 9.77 Å². The standard InChI is InChI=1S/C7H3F2I2NO/c8-7(9)3-1-12-4(2-13)6(11)5(3)10/h1-2,7H. The molecule has 0 amide bonds. The maximum atomic E-state index is 12.3. The van der Waals surface area contributed by atoms with Crippen molar-refractivity contribution in [3.63, 3.8) is 0 Å². The van der Waals surface area contributed by atoms with Crippen molar-refractivity contribution in [3.8, 4) is 0 Å². The summed E-state index contributed by atoms with van der Waals surface area (Å²) in [5.41, 5.74) is 0.0741. The zero-order chi connectivity index (χ0) is 10.0. The van der Waals surface area contributed by atoms with Crippen molar-refractivity contribution in [1.82, 2.24) is 4.98 Å². The van der Waals surface area contributed by atoms with Gasteiger partial charge in [-0.05, 0) is 45.2 Å². The van der Waals surface area contributed by atoms with Crippen LogP contribution in [-0.4, -0.2) is 11.3 Å². The fourth-order valence-electron chi connectivity index (χ4n) is 0.726. The normalized spacial score (nSPS) is 10.5. The fourth-order valence-corrected chi connectivity index (χ4v) is 1.95. The topological polar surface area (TPSA) is 30.0 Å². The molecule has 0 fully saturated rings. The van der Waals surface area contributed by atoms with E-state index >= 15 is 0 Å². The summed E-state index contributed by atoms with van der Waals surface area (Å²) >= 11 is 3.61. The van der Waals surface area contributed by atoms with Crippen LogP contribution in [0.2, 0.25) is 0 Å². The summed E-state index contributed by atoms with van der Waals surface area (Å²) in [6, 6.07) is 0. The number of halogens is 4.